The maximum atomic E-state index is 11.6. The zero-order valence-electron chi connectivity index (χ0n) is 12.0. The van der Waals surface area contributed by atoms with Gasteiger partial charge in [-0.15, -0.1) is 0 Å². The van der Waals surface area contributed by atoms with E-state index in [1.807, 2.05) is 13.8 Å². The number of hydrogen-bond donors (Lipinski definition) is 3. The molecule has 0 saturated carbocycles. The van der Waals surface area contributed by atoms with Gasteiger partial charge < -0.3 is 15.7 Å². The minimum absolute atomic E-state index is 0.0542. The number of carboxylic acid groups (broad SMARTS) is 1. The van der Waals surface area contributed by atoms with Crippen molar-refractivity contribution >= 4 is 17.8 Å². The zero-order chi connectivity index (χ0) is 15.0. The van der Waals surface area contributed by atoms with E-state index in [0.29, 0.717) is 12.5 Å². The van der Waals surface area contributed by atoms with Gasteiger partial charge in [0, 0.05) is 19.4 Å². The molecular formula is C13H24N2O4. The van der Waals surface area contributed by atoms with Gasteiger partial charge in [-0.1, -0.05) is 20.8 Å². The van der Waals surface area contributed by atoms with E-state index in [2.05, 4.69) is 10.6 Å². The van der Waals surface area contributed by atoms with Gasteiger partial charge in [-0.2, -0.15) is 0 Å². The van der Waals surface area contributed by atoms with Gasteiger partial charge in [0.25, 0.3) is 0 Å². The highest BCUT2D eigenvalue weighted by Gasteiger charge is 2.18. The predicted molar refractivity (Wildman–Crippen MR) is 71.5 cm³/mol. The average molecular weight is 272 g/mol. The van der Waals surface area contributed by atoms with Crippen molar-refractivity contribution in [2.45, 2.75) is 46.6 Å². The van der Waals surface area contributed by atoms with Gasteiger partial charge in [0.15, 0.2) is 0 Å². The third kappa shape index (κ3) is 9.04. The molecule has 0 bridgehead atoms. The zero-order valence-corrected chi connectivity index (χ0v) is 12.0. The van der Waals surface area contributed by atoms with Gasteiger partial charge in [0.05, 0.1) is 0 Å². The molecule has 0 aromatic carbocycles. The summed E-state index contributed by atoms with van der Waals surface area (Å²) in [5.74, 6) is -1.36. The lowest BCUT2D eigenvalue weighted by molar-refractivity contribution is -0.138. The minimum Gasteiger partial charge on any atom is -0.481 e. The van der Waals surface area contributed by atoms with Crippen LogP contribution in [-0.2, 0) is 14.4 Å². The number of rotatable bonds is 8. The second-order valence-corrected chi connectivity index (χ2v) is 5.34. The Bertz CT molecular complexity index is 329. The first-order chi connectivity index (χ1) is 8.72. The van der Waals surface area contributed by atoms with Gasteiger partial charge in [-0.3, -0.25) is 14.4 Å². The van der Waals surface area contributed by atoms with E-state index >= 15 is 0 Å². The van der Waals surface area contributed by atoms with Crippen LogP contribution in [0.2, 0.25) is 0 Å². The number of aliphatic carboxylic acids is 1. The normalized spacial score (nSPS) is 13.7. The van der Waals surface area contributed by atoms with Crippen LogP contribution < -0.4 is 10.6 Å². The molecule has 0 aliphatic heterocycles. The largest absolute Gasteiger partial charge is 0.481 e. The lowest BCUT2D eigenvalue weighted by atomic mass is 10.0. The van der Waals surface area contributed by atoms with E-state index in [1.165, 1.54) is 0 Å². The fourth-order valence-electron chi connectivity index (χ4n) is 1.51. The molecule has 0 aliphatic rings. The van der Waals surface area contributed by atoms with Crippen LogP contribution in [0.25, 0.3) is 0 Å². The van der Waals surface area contributed by atoms with Crippen molar-refractivity contribution in [2.24, 2.45) is 11.8 Å². The van der Waals surface area contributed by atoms with Crippen molar-refractivity contribution in [1.82, 2.24) is 10.6 Å². The summed E-state index contributed by atoms with van der Waals surface area (Å²) in [7, 11) is 0. The fraction of sp³-hybridized carbons (Fsp3) is 0.769. The molecule has 0 aromatic heterocycles. The molecule has 2 unspecified atom stereocenters. The first-order valence-corrected chi connectivity index (χ1v) is 6.51. The Kier molecular flexibility index (Phi) is 7.79. The molecule has 2 atom stereocenters. The van der Waals surface area contributed by atoms with E-state index < -0.39 is 12.0 Å². The molecule has 0 aromatic rings. The predicted octanol–water partition coefficient (Wildman–Crippen LogP) is 0.764. The Morgan fingerprint density at radius 2 is 1.63 bits per heavy atom. The lowest BCUT2D eigenvalue weighted by Crippen LogP contribution is -2.45. The molecule has 2 amide bonds. The second-order valence-electron chi connectivity index (χ2n) is 5.34. The molecule has 0 saturated heterocycles. The minimum atomic E-state index is -0.928. The van der Waals surface area contributed by atoms with Crippen molar-refractivity contribution in [1.29, 1.82) is 0 Å². The second kappa shape index (κ2) is 8.50. The standard InChI is InChI=1S/C13H24N2O4/c1-8(2)7-14-13(19)10(4)15-11(16)5-9(3)6-12(17)18/h8-10H,5-7H2,1-4H3,(H,14,19)(H,15,16)(H,17,18). The highest BCUT2D eigenvalue weighted by molar-refractivity contribution is 5.87. The molecule has 0 rings (SSSR count). The highest BCUT2D eigenvalue weighted by atomic mass is 16.4. The van der Waals surface area contributed by atoms with E-state index in [4.69, 9.17) is 5.11 Å². The Morgan fingerprint density at radius 3 is 2.11 bits per heavy atom. The maximum absolute atomic E-state index is 11.6. The summed E-state index contributed by atoms with van der Waals surface area (Å²) in [6.45, 7) is 7.83. The van der Waals surface area contributed by atoms with E-state index in [0.717, 1.165) is 0 Å². The molecular weight excluding hydrogens is 248 g/mol. The summed E-state index contributed by atoms with van der Waals surface area (Å²) in [4.78, 5) is 33.7. The topological polar surface area (TPSA) is 95.5 Å². The summed E-state index contributed by atoms with van der Waals surface area (Å²) in [6, 6.07) is -0.608. The lowest BCUT2D eigenvalue weighted by Gasteiger charge is -2.16. The monoisotopic (exact) mass is 272 g/mol. The summed E-state index contributed by atoms with van der Waals surface area (Å²) >= 11 is 0. The smallest absolute Gasteiger partial charge is 0.303 e. The third-order valence-electron chi connectivity index (χ3n) is 2.51. The molecule has 0 radical (unpaired) electrons. The molecule has 3 N–H and O–H groups in total. The number of carbonyl (C=O) groups is 3. The van der Waals surface area contributed by atoms with Crippen LogP contribution in [0.3, 0.4) is 0 Å². The molecule has 110 valence electrons. The maximum Gasteiger partial charge on any atom is 0.303 e. The van der Waals surface area contributed by atoms with Crippen molar-refractivity contribution in [3.63, 3.8) is 0 Å². The quantitative estimate of drug-likeness (QED) is 0.608. The van der Waals surface area contributed by atoms with Crippen LogP contribution >= 0.6 is 0 Å². The van der Waals surface area contributed by atoms with Crippen molar-refractivity contribution in [3.05, 3.63) is 0 Å². The third-order valence-corrected chi connectivity index (χ3v) is 2.51. The van der Waals surface area contributed by atoms with Gasteiger partial charge >= 0.3 is 5.97 Å². The average Bonchev–Trinajstić information content (AvgIpc) is 2.23. The first kappa shape index (κ1) is 17.4. The number of hydrogen-bond acceptors (Lipinski definition) is 3. The molecule has 0 aliphatic carbocycles. The van der Waals surface area contributed by atoms with Gasteiger partial charge in [0.1, 0.15) is 6.04 Å². The molecule has 6 heteroatoms. The Morgan fingerprint density at radius 1 is 1.05 bits per heavy atom. The van der Waals surface area contributed by atoms with E-state index in [9.17, 15) is 14.4 Å². The summed E-state index contributed by atoms with van der Waals surface area (Å²) in [5.41, 5.74) is 0. The Labute approximate surface area is 113 Å². The van der Waals surface area contributed by atoms with Crippen LogP contribution in [0.5, 0.6) is 0 Å². The van der Waals surface area contributed by atoms with Crippen molar-refractivity contribution in [3.8, 4) is 0 Å². The van der Waals surface area contributed by atoms with Crippen LogP contribution in [0.4, 0.5) is 0 Å². The van der Waals surface area contributed by atoms with Gasteiger partial charge in [-0.25, -0.2) is 0 Å². The van der Waals surface area contributed by atoms with Crippen LogP contribution in [0.15, 0.2) is 0 Å². The van der Waals surface area contributed by atoms with Gasteiger partial charge in [-0.05, 0) is 18.8 Å². The summed E-state index contributed by atoms with van der Waals surface area (Å²) < 4.78 is 0. The van der Waals surface area contributed by atoms with Crippen molar-refractivity contribution in [2.75, 3.05) is 6.54 Å². The van der Waals surface area contributed by atoms with Crippen LogP contribution in [-0.4, -0.2) is 35.5 Å². The van der Waals surface area contributed by atoms with E-state index in [1.54, 1.807) is 13.8 Å². The fourth-order valence-corrected chi connectivity index (χ4v) is 1.51. The van der Waals surface area contributed by atoms with Crippen molar-refractivity contribution < 1.29 is 19.5 Å². The first-order valence-electron chi connectivity index (χ1n) is 6.51. The summed E-state index contributed by atoms with van der Waals surface area (Å²) in [6.07, 6.45) is 0.0510. The van der Waals surface area contributed by atoms with Gasteiger partial charge in [0.2, 0.25) is 11.8 Å². The number of amides is 2. The molecule has 0 fully saturated rings. The highest BCUT2D eigenvalue weighted by Crippen LogP contribution is 2.07. The number of carboxylic acids is 1. The summed E-state index contributed by atoms with van der Waals surface area (Å²) in [5, 5.41) is 13.9. The Balaban J connectivity index is 4.04. The molecule has 6 nitrogen and oxygen atoms in total. The number of nitrogens with one attached hydrogen (secondary N) is 2. The molecule has 0 spiro atoms. The number of carbonyl (C=O) groups excluding carboxylic acids is 2. The molecule has 19 heavy (non-hydrogen) atoms. The van der Waals surface area contributed by atoms with E-state index in [-0.39, 0.29) is 30.6 Å². The molecule has 0 heterocycles. The van der Waals surface area contributed by atoms with Crippen LogP contribution in [0.1, 0.15) is 40.5 Å². The SMILES string of the molecule is CC(C)CNC(=O)C(C)NC(=O)CC(C)CC(=O)O. The Hall–Kier alpha value is -1.59. The van der Waals surface area contributed by atoms with Crippen LogP contribution in [0, 0.1) is 11.8 Å².